The number of hydrogen-bond acceptors (Lipinski definition) is 5. The van der Waals surface area contributed by atoms with E-state index in [0.717, 1.165) is 25.8 Å². The minimum Gasteiger partial charge on any atom is -0.469 e. The second-order valence-corrected chi connectivity index (χ2v) is 4.52. The van der Waals surface area contributed by atoms with Gasteiger partial charge in [-0.2, -0.15) is 0 Å². The van der Waals surface area contributed by atoms with E-state index in [1.54, 1.807) is 6.92 Å². The first kappa shape index (κ1) is 15.0. The first-order chi connectivity index (χ1) is 8.67. The Labute approximate surface area is 108 Å². The predicted molar refractivity (Wildman–Crippen MR) is 67.1 cm³/mol. The van der Waals surface area contributed by atoms with Gasteiger partial charge in [-0.15, -0.1) is 0 Å². The lowest BCUT2D eigenvalue weighted by atomic mass is 9.99. The summed E-state index contributed by atoms with van der Waals surface area (Å²) in [6.45, 7) is 3.84. The molecule has 1 unspecified atom stereocenters. The number of ether oxygens (including phenoxy) is 2. The molecule has 18 heavy (non-hydrogen) atoms. The molecule has 0 aromatic rings. The van der Waals surface area contributed by atoms with Crippen molar-refractivity contribution in [2.24, 2.45) is 0 Å². The molecule has 1 atom stereocenters. The van der Waals surface area contributed by atoms with Gasteiger partial charge in [0.25, 0.3) is 0 Å². The van der Waals surface area contributed by atoms with Gasteiger partial charge in [0, 0.05) is 12.6 Å². The van der Waals surface area contributed by atoms with Crippen LogP contribution in [-0.4, -0.2) is 49.7 Å². The van der Waals surface area contributed by atoms with Gasteiger partial charge in [-0.3, -0.25) is 14.5 Å². The van der Waals surface area contributed by atoms with Gasteiger partial charge in [0.15, 0.2) is 0 Å². The maximum Gasteiger partial charge on any atom is 0.307 e. The Morgan fingerprint density at radius 2 is 2.06 bits per heavy atom. The molecule has 1 aliphatic heterocycles. The molecule has 0 amide bonds. The topological polar surface area (TPSA) is 55.8 Å². The number of methoxy groups -OCH3 is 1. The van der Waals surface area contributed by atoms with E-state index in [1.165, 1.54) is 7.11 Å². The first-order valence-corrected chi connectivity index (χ1v) is 6.63. The highest BCUT2D eigenvalue weighted by Gasteiger charge is 2.25. The Kier molecular flexibility index (Phi) is 6.72. The van der Waals surface area contributed by atoms with Crippen molar-refractivity contribution in [1.29, 1.82) is 0 Å². The summed E-state index contributed by atoms with van der Waals surface area (Å²) in [4.78, 5) is 24.9. The normalized spacial score (nSPS) is 20.4. The molecular weight excluding hydrogens is 234 g/mol. The van der Waals surface area contributed by atoms with Crippen LogP contribution in [0.4, 0.5) is 0 Å². The molecule has 0 aromatic carbocycles. The summed E-state index contributed by atoms with van der Waals surface area (Å²) in [5.41, 5.74) is 0. The molecular formula is C13H23NO4. The monoisotopic (exact) mass is 257 g/mol. The summed E-state index contributed by atoms with van der Waals surface area (Å²) in [5.74, 6) is -0.345. The quantitative estimate of drug-likeness (QED) is 0.672. The maximum absolute atomic E-state index is 11.3. The molecule has 0 bridgehead atoms. The Morgan fingerprint density at radius 3 is 2.72 bits per heavy atom. The van der Waals surface area contributed by atoms with Gasteiger partial charge in [0.2, 0.25) is 0 Å². The van der Waals surface area contributed by atoms with Crippen LogP contribution in [0.25, 0.3) is 0 Å². The third kappa shape index (κ3) is 5.04. The summed E-state index contributed by atoms with van der Waals surface area (Å²) in [5, 5.41) is 0. The lowest BCUT2D eigenvalue weighted by Gasteiger charge is -2.34. The third-order valence-corrected chi connectivity index (χ3v) is 3.29. The molecule has 5 nitrogen and oxygen atoms in total. The van der Waals surface area contributed by atoms with Crippen molar-refractivity contribution in [3.05, 3.63) is 0 Å². The Morgan fingerprint density at radius 1 is 1.28 bits per heavy atom. The van der Waals surface area contributed by atoms with Gasteiger partial charge in [-0.1, -0.05) is 6.42 Å². The van der Waals surface area contributed by atoms with Crippen LogP contribution in [-0.2, 0) is 19.1 Å². The molecule has 104 valence electrons. The number of esters is 2. The summed E-state index contributed by atoms with van der Waals surface area (Å²) in [6.07, 6.45) is 4.07. The first-order valence-electron chi connectivity index (χ1n) is 6.63. The molecule has 5 heteroatoms. The van der Waals surface area contributed by atoms with E-state index in [4.69, 9.17) is 9.47 Å². The minimum absolute atomic E-state index is 0.167. The largest absolute Gasteiger partial charge is 0.469 e. The Balaban J connectivity index is 2.39. The van der Waals surface area contributed by atoms with E-state index >= 15 is 0 Å². The zero-order valence-corrected chi connectivity index (χ0v) is 11.3. The summed E-state index contributed by atoms with van der Waals surface area (Å²) in [7, 11) is 1.41. The van der Waals surface area contributed by atoms with Crippen LogP contribution in [0.1, 0.15) is 39.0 Å². The zero-order valence-electron chi connectivity index (χ0n) is 11.3. The number of carbonyl (C=O) groups is 2. The van der Waals surface area contributed by atoms with Crippen molar-refractivity contribution < 1.29 is 19.1 Å². The highest BCUT2D eigenvalue weighted by molar-refractivity contribution is 5.70. The second-order valence-electron chi connectivity index (χ2n) is 4.52. The number of hydrogen-bond donors (Lipinski definition) is 0. The van der Waals surface area contributed by atoms with E-state index in [1.807, 2.05) is 0 Å². The number of nitrogens with zero attached hydrogens (tertiary/aromatic N) is 1. The van der Waals surface area contributed by atoms with E-state index in [-0.39, 0.29) is 18.0 Å². The molecule has 1 rings (SSSR count). The maximum atomic E-state index is 11.3. The van der Waals surface area contributed by atoms with Crippen LogP contribution < -0.4 is 0 Å². The van der Waals surface area contributed by atoms with Crippen LogP contribution >= 0.6 is 0 Å². The zero-order chi connectivity index (χ0) is 13.4. The molecule has 1 aliphatic rings. The third-order valence-electron chi connectivity index (χ3n) is 3.29. The number of likely N-dealkylation sites (tertiary alicyclic amines) is 1. The van der Waals surface area contributed by atoms with Crippen molar-refractivity contribution in [3.8, 4) is 0 Å². The molecule has 0 spiro atoms. The number of piperidine rings is 1. The fourth-order valence-corrected chi connectivity index (χ4v) is 2.33. The Hall–Kier alpha value is -1.10. The SMILES string of the molecule is CCOC(=O)CCN1CCCCC1CC(=O)OC. The predicted octanol–water partition coefficient (Wildman–Crippen LogP) is 1.36. The average molecular weight is 257 g/mol. The van der Waals surface area contributed by atoms with Crippen molar-refractivity contribution in [3.63, 3.8) is 0 Å². The van der Waals surface area contributed by atoms with Gasteiger partial charge in [0.05, 0.1) is 26.6 Å². The van der Waals surface area contributed by atoms with E-state index < -0.39 is 0 Å². The molecule has 1 heterocycles. The van der Waals surface area contributed by atoms with E-state index in [2.05, 4.69) is 4.90 Å². The van der Waals surface area contributed by atoms with Gasteiger partial charge in [-0.25, -0.2) is 0 Å². The molecule has 1 fully saturated rings. The summed E-state index contributed by atoms with van der Waals surface area (Å²) in [6, 6.07) is 0.209. The van der Waals surface area contributed by atoms with E-state index in [9.17, 15) is 9.59 Å². The van der Waals surface area contributed by atoms with Crippen molar-refractivity contribution in [2.45, 2.75) is 45.1 Å². The summed E-state index contributed by atoms with van der Waals surface area (Å²) < 4.78 is 9.62. The fourth-order valence-electron chi connectivity index (χ4n) is 2.33. The standard InChI is InChI=1S/C13H23NO4/c1-3-18-12(15)7-9-14-8-5-4-6-11(14)10-13(16)17-2/h11H,3-10H2,1-2H3. The Bertz CT molecular complexity index is 280. The lowest BCUT2D eigenvalue weighted by Crippen LogP contribution is -2.42. The van der Waals surface area contributed by atoms with Crippen molar-refractivity contribution >= 4 is 11.9 Å². The minimum atomic E-state index is -0.178. The number of rotatable bonds is 6. The molecule has 0 N–H and O–H groups in total. The second kappa shape index (κ2) is 8.08. The summed E-state index contributed by atoms with van der Waals surface area (Å²) >= 11 is 0. The van der Waals surface area contributed by atoms with Gasteiger partial charge >= 0.3 is 11.9 Å². The van der Waals surface area contributed by atoms with Gasteiger partial charge in [-0.05, 0) is 26.3 Å². The highest BCUT2D eigenvalue weighted by atomic mass is 16.5. The fraction of sp³-hybridized carbons (Fsp3) is 0.846. The molecule has 1 saturated heterocycles. The van der Waals surface area contributed by atoms with Gasteiger partial charge < -0.3 is 9.47 Å². The molecule has 0 aromatic heterocycles. The molecule has 0 aliphatic carbocycles. The lowest BCUT2D eigenvalue weighted by molar-refractivity contribution is -0.143. The van der Waals surface area contributed by atoms with Gasteiger partial charge in [0.1, 0.15) is 0 Å². The molecule has 0 radical (unpaired) electrons. The van der Waals surface area contributed by atoms with Crippen LogP contribution in [0.15, 0.2) is 0 Å². The van der Waals surface area contributed by atoms with Crippen LogP contribution in [0.2, 0.25) is 0 Å². The van der Waals surface area contributed by atoms with E-state index in [0.29, 0.717) is 26.0 Å². The van der Waals surface area contributed by atoms with Crippen LogP contribution in [0.5, 0.6) is 0 Å². The van der Waals surface area contributed by atoms with Crippen molar-refractivity contribution in [2.75, 3.05) is 26.8 Å². The van der Waals surface area contributed by atoms with Crippen LogP contribution in [0.3, 0.4) is 0 Å². The number of carbonyl (C=O) groups excluding carboxylic acids is 2. The van der Waals surface area contributed by atoms with Crippen molar-refractivity contribution in [1.82, 2.24) is 4.90 Å². The smallest absolute Gasteiger partial charge is 0.307 e. The highest BCUT2D eigenvalue weighted by Crippen LogP contribution is 2.20. The molecule has 0 saturated carbocycles. The van der Waals surface area contributed by atoms with Crippen LogP contribution in [0, 0.1) is 0 Å². The average Bonchev–Trinajstić information content (AvgIpc) is 2.38.